The van der Waals surface area contributed by atoms with Gasteiger partial charge >= 0.3 is 5.97 Å². The van der Waals surface area contributed by atoms with Crippen LogP contribution in [0.1, 0.15) is 26.3 Å². The molecule has 0 radical (unpaired) electrons. The lowest BCUT2D eigenvalue weighted by molar-refractivity contribution is -0.142. The maximum Gasteiger partial charge on any atom is 0.343 e. The summed E-state index contributed by atoms with van der Waals surface area (Å²) in [6.07, 6.45) is 1.50. The number of allylic oxidation sites excluding steroid dienone is 1. The van der Waals surface area contributed by atoms with Gasteiger partial charge in [0.05, 0.1) is 12.7 Å². The van der Waals surface area contributed by atoms with Gasteiger partial charge in [0.2, 0.25) is 0 Å². The number of carbonyl (C=O) groups is 3. The Kier molecular flexibility index (Phi) is 4.24. The average Bonchev–Trinajstić information content (AvgIpc) is 2.86. The lowest BCUT2D eigenvalue weighted by atomic mass is 10.1. The predicted molar refractivity (Wildman–Crippen MR) is 87.0 cm³/mol. The Hall–Kier alpha value is -3.21. The van der Waals surface area contributed by atoms with Crippen LogP contribution in [-0.2, 0) is 9.53 Å². The third-order valence-corrected chi connectivity index (χ3v) is 3.70. The standard InChI is InChI=1S/C19H14O5/c1-23-17(20)11-24-16-9-5-2-6-12(16)10-15-18(21)13-7-3-4-8-14(13)19(15)22/h2-10H,11H2,1H3. The van der Waals surface area contributed by atoms with Gasteiger partial charge in [-0.15, -0.1) is 0 Å². The van der Waals surface area contributed by atoms with Gasteiger partial charge in [-0.05, 0) is 12.1 Å². The molecule has 0 aromatic heterocycles. The van der Waals surface area contributed by atoms with E-state index in [1.54, 1.807) is 48.5 Å². The quantitative estimate of drug-likeness (QED) is 0.492. The second-order valence-corrected chi connectivity index (χ2v) is 5.16. The van der Waals surface area contributed by atoms with Gasteiger partial charge in [0.25, 0.3) is 0 Å². The summed E-state index contributed by atoms with van der Waals surface area (Å²) in [6.45, 7) is -0.251. The van der Waals surface area contributed by atoms with Crippen molar-refractivity contribution in [2.24, 2.45) is 0 Å². The normalized spacial score (nSPS) is 12.8. The molecule has 0 unspecified atom stereocenters. The van der Waals surface area contributed by atoms with Gasteiger partial charge in [0.15, 0.2) is 18.2 Å². The van der Waals surface area contributed by atoms with E-state index in [0.29, 0.717) is 22.4 Å². The molecule has 24 heavy (non-hydrogen) atoms. The number of ketones is 2. The van der Waals surface area contributed by atoms with Crippen LogP contribution in [0, 0.1) is 0 Å². The summed E-state index contributed by atoms with van der Waals surface area (Å²) in [4.78, 5) is 36.1. The summed E-state index contributed by atoms with van der Waals surface area (Å²) < 4.78 is 9.94. The topological polar surface area (TPSA) is 69.7 Å². The van der Waals surface area contributed by atoms with Crippen molar-refractivity contribution in [3.8, 4) is 5.75 Å². The largest absolute Gasteiger partial charge is 0.481 e. The molecule has 0 N–H and O–H groups in total. The van der Waals surface area contributed by atoms with Crippen molar-refractivity contribution in [2.45, 2.75) is 0 Å². The molecule has 5 nitrogen and oxygen atoms in total. The Bertz CT molecular complexity index is 827. The van der Waals surface area contributed by atoms with E-state index in [1.807, 2.05) is 0 Å². The predicted octanol–water partition coefficient (Wildman–Crippen LogP) is 2.70. The summed E-state index contributed by atoms with van der Waals surface area (Å²) in [6, 6.07) is 13.6. The molecule has 0 atom stereocenters. The number of ether oxygens (including phenoxy) is 2. The number of fused-ring (bicyclic) bond motifs is 1. The molecule has 120 valence electrons. The summed E-state index contributed by atoms with van der Waals surface area (Å²) in [7, 11) is 1.27. The molecule has 0 saturated heterocycles. The fourth-order valence-corrected chi connectivity index (χ4v) is 2.49. The highest BCUT2D eigenvalue weighted by atomic mass is 16.6. The Morgan fingerprint density at radius 1 is 0.958 bits per heavy atom. The highest BCUT2D eigenvalue weighted by Crippen LogP contribution is 2.29. The molecular weight excluding hydrogens is 308 g/mol. The molecule has 2 aromatic rings. The summed E-state index contributed by atoms with van der Waals surface area (Å²) in [5.41, 5.74) is 1.44. The van der Waals surface area contributed by atoms with Crippen LogP contribution in [0.2, 0.25) is 0 Å². The number of esters is 1. The number of rotatable bonds is 4. The molecular formula is C19H14O5. The Morgan fingerprint density at radius 2 is 1.54 bits per heavy atom. The first kappa shape index (κ1) is 15.7. The number of methoxy groups -OCH3 is 1. The van der Waals surface area contributed by atoms with Gasteiger partial charge in [-0.2, -0.15) is 0 Å². The Labute approximate surface area is 138 Å². The van der Waals surface area contributed by atoms with Gasteiger partial charge in [0.1, 0.15) is 5.75 Å². The minimum absolute atomic E-state index is 0.0883. The van der Waals surface area contributed by atoms with E-state index in [-0.39, 0.29) is 23.7 Å². The minimum atomic E-state index is -0.516. The van der Waals surface area contributed by atoms with Gasteiger partial charge in [-0.3, -0.25) is 9.59 Å². The molecule has 0 saturated carbocycles. The van der Waals surface area contributed by atoms with Gasteiger partial charge in [-0.25, -0.2) is 4.79 Å². The number of Topliss-reactive ketones (excluding diaryl/α,β-unsaturated/α-hetero) is 2. The van der Waals surface area contributed by atoms with Crippen LogP contribution >= 0.6 is 0 Å². The zero-order valence-corrected chi connectivity index (χ0v) is 12.9. The molecule has 0 fully saturated rings. The van der Waals surface area contributed by atoms with E-state index in [1.165, 1.54) is 13.2 Å². The van der Waals surface area contributed by atoms with Crippen molar-refractivity contribution in [2.75, 3.05) is 13.7 Å². The number of hydrogen-bond donors (Lipinski definition) is 0. The minimum Gasteiger partial charge on any atom is -0.481 e. The van der Waals surface area contributed by atoms with Crippen LogP contribution in [-0.4, -0.2) is 31.3 Å². The zero-order valence-electron chi connectivity index (χ0n) is 12.9. The first-order valence-corrected chi connectivity index (χ1v) is 7.30. The SMILES string of the molecule is COC(=O)COc1ccccc1C=C1C(=O)c2ccccc2C1=O. The fourth-order valence-electron chi connectivity index (χ4n) is 2.49. The summed E-state index contributed by atoms with van der Waals surface area (Å²) in [5, 5.41) is 0. The summed E-state index contributed by atoms with van der Waals surface area (Å²) in [5.74, 6) is -0.735. The molecule has 2 aromatic carbocycles. The maximum atomic E-state index is 12.4. The van der Waals surface area contributed by atoms with E-state index >= 15 is 0 Å². The van der Waals surface area contributed by atoms with Gasteiger partial charge in [-0.1, -0.05) is 42.5 Å². The molecule has 5 heteroatoms. The van der Waals surface area contributed by atoms with Crippen molar-refractivity contribution < 1.29 is 23.9 Å². The first-order valence-electron chi connectivity index (χ1n) is 7.30. The zero-order chi connectivity index (χ0) is 17.1. The molecule has 1 aliphatic rings. The van der Waals surface area contributed by atoms with Crippen molar-refractivity contribution in [1.29, 1.82) is 0 Å². The third-order valence-electron chi connectivity index (χ3n) is 3.70. The highest BCUT2D eigenvalue weighted by molar-refractivity contribution is 6.41. The van der Waals surface area contributed by atoms with Crippen molar-refractivity contribution in [3.63, 3.8) is 0 Å². The molecule has 0 spiro atoms. The van der Waals surface area contributed by atoms with Crippen molar-refractivity contribution in [3.05, 3.63) is 70.8 Å². The van der Waals surface area contributed by atoms with E-state index < -0.39 is 5.97 Å². The average molecular weight is 322 g/mol. The van der Waals surface area contributed by atoms with Crippen LogP contribution < -0.4 is 4.74 Å². The second-order valence-electron chi connectivity index (χ2n) is 5.16. The number of hydrogen-bond acceptors (Lipinski definition) is 5. The lowest BCUT2D eigenvalue weighted by Crippen LogP contribution is -2.13. The van der Waals surface area contributed by atoms with E-state index in [9.17, 15) is 14.4 Å². The fraction of sp³-hybridized carbons (Fsp3) is 0.105. The van der Waals surface area contributed by atoms with Crippen molar-refractivity contribution in [1.82, 2.24) is 0 Å². The van der Waals surface area contributed by atoms with E-state index in [0.717, 1.165) is 0 Å². The number of carbonyl (C=O) groups excluding carboxylic acids is 3. The maximum absolute atomic E-state index is 12.4. The molecule has 0 aliphatic heterocycles. The molecule has 0 amide bonds. The van der Waals surface area contributed by atoms with Crippen LogP contribution in [0.4, 0.5) is 0 Å². The first-order chi connectivity index (χ1) is 11.6. The van der Waals surface area contributed by atoms with E-state index in [4.69, 9.17) is 4.74 Å². The second kappa shape index (κ2) is 6.50. The van der Waals surface area contributed by atoms with Crippen LogP contribution in [0.15, 0.2) is 54.1 Å². The molecule has 3 rings (SSSR count). The third kappa shape index (κ3) is 2.84. The summed E-state index contributed by atoms with van der Waals surface area (Å²) >= 11 is 0. The molecule has 1 aliphatic carbocycles. The Balaban J connectivity index is 1.94. The molecule has 0 heterocycles. The lowest BCUT2D eigenvalue weighted by Gasteiger charge is -2.08. The van der Waals surface area contributed by atoms with Crippen LogP contribution in [0.3, 0.4) is 0 Å². The smallest absolute Gasteiger partial charge is 0.343 e. The monoisotopic (exact) mass is 322 g/mol. The number of benzene rings is 2. The van der Waals surface area contributed by atoms with Crippen LogP contribution in [0.5, 0.6) is 5.75 Å². The van der Waals surface area contributed by atoms with Gasteiger partial charge in [0, 0.05) is 16.7 Å². The number of para-hydroxylation sites is 1. The Morgan fingerprint density at radius 3 is 2.17 bits per heavy atom. The van der Waals surface area contributed by atoms with Crippen LogP contribution in [0.25, 0.3) is 6.08 Å². The molecule has 0 bridgehead atoms. The highest BCUT2D eigenvalue weighted by Gasteiger charge is 2.32. The van der Waals surface area contributed by atoms with Crippen molar-refractivity contribution >= 4 is 23.6 Å². The van der Waals surface area contributed by atoms with Gasteiger partial charge < -0.3 is 9.47 Å². The van der Waals surface area contributed by atoms with E-state index in [2.05, 4.69) is 4.74 Å².